The highest BCUT2D eigenvalue weighted by atomic mass is 32.2. The van der Waals surface area contributed by atoms with Gasteiger partial charge in [-0.15, -0.1) is 0 Å². The molecule has 4 aromatic carbocycles. The Balaban J connectivity index is 1.59. The van der Waals surface area contributed by atoms with E-state index in [0.29, 0.717) is 33.6 Å². The predicted octanol–water partition coefficient (Wildman–Crippen LogP) is 5.98. The molecule has 0 unspecified atom stereocenters. The number of rotatable bonds is 6. The topological polar surface area (TPSA) is 101 Å². The van der Waals surface area contributed by atoms with Crippen LogP contribution in [0, 0.1) is 0 Å². The first-order valence-corrected chi connectivity index (χ1v) is 13.0. The van der Waals surface area contributed by atoms with Gasteiger partial charge in [-0.05, 0) is 42.5 Å². The lowest BCUT2D eigenvalue weighted by Crippen LogP contribution is -2.12. The number of anilines is 1. The molecule has 7 nitrogen and oxygen atoms in total. The third-order valence-electron chi connectivity index (χ3n) is 5.86. The lowest BCUT2D eigenvalue weighted by atomic mass is 10.0. The minimum Gasteiger partial charge on any atom is -0.494 e. The quantitative estimate of drug-likeness (QED) is 0.275. The zero-order valence-electron chi connectivity index (χ0n) is 19.9. The van der Waals surface area contributed by atoms with Crippen LogP contribution in [0.2, 0.25) is 0 Å². The molecular weight excluding hydrogens is 486 g/mol. The summed E-state index contributed by atoms with van der Waals surface area (Å²) in [5.74, 6) is -0.508. The summed E-state index contributed by atoms with van der Waals surface area (Å²) in [5, 5.41) is 11.8. The number of para-hydroxylation sites is 1. The number of hydrogen-bond acceptors (Lipinski definition) is 5. The smallest absolute Gasteiger partial charge is 0.261 e. The Morgan fingerprint density at radius 1 is 0.811 bits per heavy atom. The number of nitrogens with zero attached hydrogens (tertiary/aromatic N) is 2. The third-order valence-corrected chi connectivity index (χ3v) is 7.26. The predicted molar refractivity (Wildman–Crippen MR) is 145 cm³/mol. The number of benzene rings is 4. The molecule has 0 saturated heterocycles. The molecule has 8 heteroatoms. The minimum atomic E-state index is -3.72. The van der Waals surface area contributed by atoms with Gasteiger partial charge in [0.15, 0.2) is 0 Å². The molecule has 5 aromatic rings. The lowest BCUT2D eigenvalue weighted by molar-refractivity contribution is 0.0933. The van der Waals surface area contributed by atoms with Gasteiger partial charge in [0, 0.05) is 23.6 Å². The van der Waals surface area contributed by atoms with Crippen LogP contribution in [0.15, 0.2) is 119 Å². The highest BCUT2D eigenvalue weighted by molar-refractivity contribution is 7.92. The van der Waals surface area contributed by atoms with Gasteiger partial charge in [-0.3, -0.25) is 14.1 Å². The molecule has 37 heavy (non-hydrogen) atoms. The van der Waals surface area contributed by atoms with Crippen molar-refractivity contribution in [1.82, 2.24) is 4.57 Å². The first-order chi connectivity index (χ1) is 17.8. The van der Waals surface area contributed by atoms with E-state index in [4.69, 9.17) is 4.99 Å². The highest BCUT2D eigenvalue weighted by Gasteiger charge is 2.24. The number of aromatic hydroxyl groups is 1. The number of carbonyl (C=O) groups is 1. The van der Waals surface area contributed by atoms with E-state index >= 15 is 0 Å². The maximum atomic E-state index is 12.7. The maximum absolute atomic E-state index is 12.7. The molecule has 0 radical (unpaired) electrons. The summed E-state index contributed by atoms with van der Waals surface area (Å²) in [6.07, 6.45) is 0. The van der Waals surface area contributed by atoms with Crippen molar-refractivity contribution < 1.29 is 18.3 Å². The van der Waals surface area contributed by atoms with Crippen LogP contribution in [0.4, 0.5) is 11.4 Å². The fraction of sp³-hybridized carbons (Fsp3) is 0.0345. The summed E-state index contributed by atoms with van der Waals surface area (Å²) in [6, 6.07) is 31.4. The van der Waals surface area contributed by atoms with Crippen LogP contribution in [0.1, 0.15) is 22.8 Å². The Kier molecular flexibility index (Phi) is 6.33. The first kappa shape index (κ1) is 24.0. The van der Waals surface area contributed by atoms with Gasteiger partial charge in [0.05, 0.1) is 27.4 Å². The molecule has 1 aromatic heterocycles. The molecule has 0 aliphatic carbocycles. The van der Waals surface area contributed by atoms with Crippen LogP contribution in [0.5, 0.6) is 5.88 Å². The molecule has 0 bridgehead atoms. The third kappa shape index (κ3) is 4.74. The van der Waals surface area contributed by atoms with Gasteiger partial charge in [0.2, 0.25) is 11.8 Å². The summed E-state index contributed by atoms with van der Waals surface area (Å²) in [5.41, 5.74) is 3.17. The molecule has 5 rings (SSSR count). The molecular formula is C29H23N3O4S. The Hall–Kier alpha value is -4.69. The number of fused-ring (bicyclic) bond motifs is 1. The molecule has 0 aliphatic heterocycles. The molecule has 0 saturated carbocycles. The largest absolute Gasteiger partial charge is 0.494 e. The second-order valence-electron chi connectivity index (χ2n) is 8.36. The van der Waals surface area contributed by atoms with Crippen molar-refractivity contribution in [2.45, 2.75) is 11.8 Å². The van der Waals surface area contributed by atoms with E-state index in [1.54, 1.807) is 54.6 Å². The molecule has 184 valence electrons. The molecule has 0 atom stereocenters. The molecule has 0 aliphatic rings. The van der Waals surface area contributed by atoms with Crippen LogP contribution < -0.4 is 4.72 Å². The standard InChI is InChI=1S/C29H23N3O4S/c1-20(33)32-26-15-9-8-14-25(26)27(29(32)34)28(21-10-4-2-5-11-21)30-22-16-18-23(19-17-22)31-37(35,36)24-12-6-3-7-13-24/h2-19,31,34H,1H3. The fourth-order valence-electron chi connectivity index (χ4n) is 4.19. The Labute approximate surface area is 214 Å². The van der Waals surface area contributed by atoms with Crippen molar-refractivity contribution >= 4 is 43.9 Å². The van der Waals surface area contributed by atoms with Crippen molar-refractivity contribution in [2.24, 2.45) is 4.99 Å². The zero-order valence-corrected chi connectivity index (χ0v) is 20.7. The first-order valence-electron chi connectivity index (χ1n) is 11.5. The Bertz CT molecular complexity index is 1730. The molecule has 1 heterocycles. The Morgan fingerprint density at radius 2 is 1.41 bits per heavy atom. The number of aromatic nitrogens is 1. The van der Waals surface area contributed by atoms with Crippen LogP contribution in [0.3, 0.4) is 0 Å². The van der Waals surface area contributed by atoms with Crippen molar-refractivity contribution in [3.05, 3.63) is 120 Å². The summed E-state index contributed by atoms with van der Waals surface area (Å²) in [4.78, 5) is 17.4. The highest BCUT2D eigenvalue weighted by Crippen LogP contribution is 2.34. The van der Waals surface area contributed by atoms with Gasteiger partial charge in [0.1, 0.15) is 0 Å². The SMILES string of the molecule is CC(=O)n1c(O)c(C(=Nc2ccc(NS(=O)(=O)c3ccccc3)cc2)c2ccccc2)c2ccccc21. The molecule has 0 spiro atoms. The van der Waals surface area contributed by atoms with E-state index in [-0.39, 0.29) is 16.7 Å². The van der Waals surface area contributed by atoms with Crippen LogP contribution >= 0.6 is 0 Å². The van der Waals surface area contributed by atoms with Gasteiger partial charge in [-0.2, -0.15) is 0 Å². The average molecular weight is 510 g/mol. The van der Waals surface area contributed by atoms with Gasteiger partial charge >= 0.3 is 0 Å². The lowest BCUT2D eigenvalue weighted by Gasteiger charge is -2.10. The maximum Gasteiger partial charge on any atom is 0.261 e. The summed E-state index contributed by atoms with van der Waals surface area (Å²) < 4.78 is 29.2. The van der Waals surface area contributed by atoms with Crippen molar-refractivity contribution in [3.63, 3.8) is 0 Å². The number of sulfonamides is 1. The van der Waals surface area contributed by atoms with Gasteiger partial charge < -0.3 is 5.11 Å². The van der Waals surface area contributed by atoms with E-state index in [0.717, 1.165) is 5.56 Å². The second kappa shape index (κ2) is 9.75. The average Bonchev–Trinajstić information content (AvgIpc) is 3.21. The normalized spacial score (nSPS) is 12.0. The van der Waals surface area contributed by atoms with E-state index in [1.165, 1.54) is 23.6 Å². The number of nitrogens with one attached hydrogen (secondary N) is 1. The van der Waals surface area contributed by atoms with Crippen LogP contribution in [0.25, 0.3) is 10.9 Å². The van der Waals surface area contributed by atoms with Crippen molar-refractivity contribution in [3.8, 4) is 5.88 Å². The van der Waals surface area contributed by atoms with E-state index in [2.05, 4.69) is 4.72 Å². The summed E-state index contributed by atoms with van der Waals surface area (Å²) in [6.45, 7) is 1.39. The summed E-state index contributed by atoms with van der Waals surface area (Å²) >= 11 is 0. The molecule has 0 fully saturated rings. The van der Waals surface area contributed by atoms with Crippen LogP contribution in [-0.2, 0) is 10.0 Å². The van der Waals surface area contributed by atoms with Crippen molar-refractivity contribution in [1.29, 1.82) is 0 Å². The zero-order chi connectivity index (χ0) is 26.0. The fourth-order valence-corrected chi connectivity index (χ4v) is 5.27. The van der Waals surface area contributed by atoms with E-state index in [1.807, 2.05) is 42.5 Å². The van der Waals surface area contributed by atoms with Gasteiger partial charge in [0.25, 0.3) is 10.0 Å². The van der Waals surface area contributed by atoms with Gasteiger partial charge in [-0.1, -0.05) is 66.7 Å². The van der Waals surface area contributed by atoms with Crippen LogP contribution in [-0.4, -0.2) is 29.7 Å². The summed E-state index contributed by atoms with van der Waals surface area (Å²) in [7, 11) is -3.72. The van der Waals surface area contributed by atoms with Gasteiger partial charge in [-0.25, -0.2) is 13.4 Å². The van der Waals surface area contributed by atoms with Crippen molar-refractivity contribution in [2.75, 3.05) is 4.72 Å². The molecule has 2 N–H and O–H groups in total. The van der Waals surface area contributed by atoms with E-state index < -0.39 is 10.0 Å². The van der Waals surface area contributed by atoms with E-state index in [9.17, 15) is 18.3 Å². The Morgan fingerprint density at radius 3 is 2.05 bits per heavy atom. The number of carbonyl (C=O) groups excluding carboxylic acids is 1. The monoisotopic (exact) mass is 509 g/mol. The number of hydrogen-bond donors (Lipinski definition) is 2. The molecule has 0 amide bonds. The minimum absolute atomic E-state index is 0.167. The second-order valence-corrected chi connectivity index (χ2v) is 10.0. The number of aliphatic imine (C=N–C) groups is 1.